The molecule has 98 valence electrons. The lowest BCUT2D eigenvalue weighted by molar-refractivity contribution is 0.276. The van der Waals surface area contributed by atoms with Crippen molar-refractivity contribution < 1.29 is 0 Å². The van der Waals surface area contributed by atoms with Crippen molar-refractivity contribution in [1.82, 2.24) is 4.90 Å². The molecule has 1 fully saturated rings. The Kier molecular flexibility index (Phi) is 4.05. The lowest BCUT2D eigenvalue weighted by Gasteiger charge is -2.39. The number of thiophene rings is 1. The van der Waals surface area contributed by atoms with Crippen LogP contribution in [0, 0.1) is 11.3 Å². The molecule has 1 atom stereocenters. The van der Waals surface area contributed by atoms with E-state index in [0.29, 0.717) is 16.6 Å². The van der Waals surface area contributed by atoms with Gasteiger partial charge in [0, 0.05) is 25.7 Å². The number of nitrogen functional groups attached to an aromatic ring is 1. The maximum Gasteiger partial charge on any atom is 0.131 e. The molecule has 0 spiro atoms. The number of hydrogen-bond acceptors (Lipinski definition) is 6. The molecule has 2 N–H and O–H groups in total. The predicted molar refractivity (Wildman–Crippen MR) is 79.5 cm³/mol. The Bertz CT molecular complexity index is 477. The number of nitriles is 1. The van der Waals surface area contributed by atoms with Crippen LogP contribution in [0.25, 0.3) is 0 Å². The second-order valence-electron chi connectivity index (χ2n) is 4.60. The quantitative estimate of drug-likeness (QED) is 0.842. The topological polar surface area (TPSA) is 56.3 Å². The van der Waals surface area contributed by atoms with Crippen molar-refractivity contribution in [3.05, 3.63) is 4.88 Å². The number of anilines is 2. The highest BCUT2D eigenvalue weighted by Crippen LogP contribution is 2.44. The summed E-state index contributed by atoms with van der Waals surface area (Å²) in [5, 5.41) is 10.3. The van der Waals surface area contributed by atoms with Crippen LogP contribution < -0.4 is 10.6 Å². The van der Waals surface area contributed by atoms with Crippen LogP contribution in [0.2, 0.25) is 0 Å². The van der Waals surface area contributed by atoms with Crippen molar-refractivity contribution in [3.63, 3.8) is 0 Å². The molecule has 4 nitrogen and oxygen atoms in total. The summed E-state index contributed by atoms with van der Waals surface area (Å²) < 4.78 is 0. The van der Waals surface area contributed by atoms with Gasteiger partial charge in [-0.3, -0.25) is 0 Å². The summed E-state index contributed by atoms with van der Waals surface area (Å²) in [5.74, 6) is 0. The van der Waals surface area contributed by atoms with E-state index in [4.69, 9.17) is 11.0 Å². The fourth-order valence-electron chi connectivity index (χ4n) is 2.33. The molecule has 2 rings (SSSR count). The molecule has 1 aromatic heterocycles. The SMILES string of the molecule is CSc1c(N2CCN(C)CC2C)sc(C#N)c1N. The van der Waals surface area contributed by atoms with E-state index in [1.54, 1.807) is 11.8 Å². The second-order valence-corrected chi connectivity index (χ2v) is 6.42. The minimum Gasteiger partial charge on any atom is -0.396 e. The molecule has 0 bridgehead atoms. The molecule has 2 heterocycles. The minimum atomic E-state index is 0.458. The Morgan fingerprint density at radius 3 is 2.78 bits per heavy atom. The molecule has 0 aliphatic carbocycles. The van der Waals surface area contributed by atoms with Gasteiger partial charge in [-0.05, 0) is 20.2 Å². The summed E-state index contributed by atoms with van der Waals surface area (Å²) in [7, 11) is 2.15. The number of hydrogen-bond donors (Lipinski definition) is 1. The van der Waals surface area contributed by atoms with Gasteiger partial charge in [-0.15, -0.1) is 23.1 Å². The van der Waals surface area contributed by atoms with Gasteiger partial charge in [0.1, 0.15) is 15.9 Å². The lowest BCUT2D eigenvalue weighted by Crippen LogP contribution is -2.50. The Morgan fingerprint density at radius 1 is 1.50 bits per heavy atom. The predicted octanol–water partition coefficient (Wildman–Crippen LogP) is 2.06. The van der Waals surface area contributed by atoms with E-state index in [-0.39, 0.29) is 0 Å². The van der Waals surface area contributed by atoms with E-state index in [0.717, 1.165) is 29.5 Å². The van der Waals surface area contributed by atoms with Gasteiger partial charge >= 0.3 is 0 Å². The summed E-state index contributed by atoms with van der Waals surface area (Å²) in [4.78, 5) is 6.42. The Hall–Kier alpha value is -0.900. The third-order valence-corrected chi connectivity index (χ3v) is 5.38. The van der Waals surface area contributed by atoms with Gasteiger partial charge in [0.25, 0.3) is 0 Å². The van der Waals surface area contributed by atoms with Gasteiger partial charge in [0.15, 0.2) is 0 Å². The van der Waals surface area contributed by atoms with Crippen LogP contribution in [0.15, 0.2) is 4.90 Å². The number of thioether (sulfide) groups is 1. The first-order chi connectivity index (χ1) is 8.58. The molecular weight excluding hydrogens is 264 g/mol. The molecule has 6 heteroatoms. The van der Waals surface area contributed by atoms with Crippen LogP contribution >= 0.6 is 23.1 Å². The van der Waals surface area contributed by atoms with Crippen LogP contribution in [-0.4, -0.2) is 43.9 Å². The molecule has 1 aromatic rings. The van der Waals surface area contributed by atoms with Crippen molar-refractivity contribution in [2.24, 2.45) is 0 Å². The first-order valence-corrected chi connectivity index (χ1v) is 7.94. The molecule has 0 saturated carbocycles. The van der Waals surface area contributed by atoms with E-state index in [1.165, 1.54) is 11.3 Å². The molecule has 0 aromatic carbocycles. The van der Waals surface area contributed by atoms with Crippen LogP contribution in [0.4, 0.5) is 10.7 Å². The molecule has 1 aliphatic heterocycles. The van der Waals surface area contributed by atoms with Crippen LogP contribution in [0.3, 0.4) is 0 Å². The standard InChI is InChI=1S/C12H18N4S2/c1-8-7-15(2)4-5-16(8)12-11(17-3)10(14)9(6-13)18-12/h8H,4-5,7,14H2,1-3H3. The zero-order chi connectivity index (χ0) is 13.3. The van der Waals surface area contributed by atoms with Crippen molar-refractivity contribution in [3.8, 4) is 6.07 Å². The lowest BCUT2D eigenvalue weighted by atomic mass is 10.2. The molecule has 18 heavy (non-hydrogen) atoms. The van der Waals surface area contributed by atoms with Crippen molar-refractivity contribution in [2.75, 3.05) is 43.6 Å². The number of rotatable bonds is 2. The van der Waals surface area contributed by atoms with Crippen LogP contribution in [0.5, 0.6) is 0 Å². The van der Waals surface area contributed by atoms with Gasteiger partial charge in [-0.2, -0.15) is 5.26 Å². The second kappa shape index (κ2) is 5.39. The van der Waals surface area contributed by atoms with Crippen molar-refractivity contribution in [2.45, 2.75) is 17.9 Å². The van der Waals surface area contributed by atoms with E-state index in [2.05, 4.69) is 29.8 Å². The van der Waals surface area contributed by atoms with Gasteiger partial charge in [0.05, 0.1) is 10.6 Å². The normalized spacial score (nSPS) is 21.0. The fourth-order valence-corrected chi connectivity index (χ4v) is 4.42. The molecule has 1 aliphatic rings. The molecule has 1 saturated heterocycles. The summed E-state index contributed by atoms with van der Waals surface area (Å²) in [6.45, 7) is 5.32. The molecule has 0 radical (unpaired) electrons. The fraction of sp³-hybridized carbons (Fsp3) is 0.583. The third kappa shape index (κ3) is 2.30. The average Bonchev–Trinajstić information content (AvgIpc) is 2.65. The first-order valence-electron chi connectivity index (χ1n) is 5.90. The van der Waals surface area contributed by atoms with Gasteiger partial charge in [0.2, 0.25) is 0 Å². The van der Waals surface area contributed by atoms with E-state index in [1.807, 2.05) is 6.26 Å². The van der Waals surface area contributed by atoms with E-state index in [9.17, 15) is 0 Å². The zero-order valence-electron chi connectivity index (χ0n) is 10.9. The maximum atomic E-state index is 9.10. The summed E-state index contributed by atoms with van der Waals surface area (Å²) in [6.07, 6.45) is 2.02. The Balaban J connectivity index is 2.36. The van der Waals surface area contributed by atoms with Gasteiger partial charge in [-0.25, -0.2) is 0 Å². The largest absolute Gasteiger partial charge is 0.396 e. The van der Waals surface area contributed by atoms with Crippen molar-refractivity contribution in [1.29, 1.82) is 5.26 Å². The van der Waals surface area contributed by atoms with E-state index < -0.39 is 0 Å². The van der Waals surface area contributed by atoms with Crippen LogP contribution in [-0.2, 0) is 0 Å². The minimum absolute atomic E-state index is 0.458. The number of piperazine rings is 1. The summed E-state index contributed by atoms with van der Waals surface area (Å²) in [5.41, 5.74) is 6.68. The smallest absolute Gasteiger partial charge is 0.131 e. The number of nitrogens with two attached hydrogens (primary N) is 1. The highest BCUT2D eigenvalue weighted by molar-refractivity contribution is 7.99. The monoisotopic (exact) mass is 282 g/mol. The average molecular weight is 282 g/mol. The molecule has 1 unspecified atom stereocenters. The first kappa shape index (κ1) is 13.5. The summed E-state index contributed by atoms with van der Waals surface area (Å²) >= 11 is 3.16. The highest BCUT2D eigenvalue weighted by Gasteiger charge is 2.27. The maximum absolute atomic E-state index is 9.10. The zero-order valence-corrected chi connectivity index (χ0v) is 12.6. The van der Waals surface area contributed by atoms with Gasteiger partial charge in [-0.1, -0.05) is 0 Å². The Morgan fingerprint density at radius 2 is 2.22 bits per heavy atom. The summed E-state index contributed by atoms with van der Waals surface area (Å²) in [6, 6.07) is 2.65. The third-order valence-electron chi connectivity index (χ3n) is 3.28. The van der Waals surface area contributed by atoms with Gasteiger partial charge < -0.3 is 15.5 Å². The number of nitrogens with zero attached hydrogens (tertiary/aromatic N) is 3. The molecular formula is C12H18N4S2. The molecule has 0 amide bonds. The van der Waals surface area contributed by atoms with E-state index >= 15 is 0 Å². The van der Waals surface area contributed by atoms with Crippen LogP contribution in [0.1, 0.15) is 11.8 Å². The number of likely N-dealkylation sites (N-methyl/N-ethyl adjacent to an activating group) is 1. The highest BCUT2D eigenvalue weighted by atomic mass is 32.2. The van der Waals surface area contributed by atoms with Crippen molar-refractivity contribution >= 4 is 33.8 Å². The Labute approximate surface area is 116 Å².